The normalized spacial score (nSPS) is 10.7. The SMILES string of the molecule is COc1ccc(CNC(=O)/C(C#N)=C\NCc2ccc(F)cc2)cc1. The molecule has 2 rings (SSSR count). The van der Waals surface area contributed by atoms with E-state index in [0.717, 1.165) is 16.9 Å². The number of halogens is 1. The van der Waals surface area contributed by atoms with Gasteiger partial charge in [-0.2, -0.15) is 5.26 Å². The highest BCUT2D eigenvalue weighted by Crippen LogP contribution is 2.11. The Morgan fingerprint density at radius 3 is 2.32 bits per heavy atom. The second kappa shape index (κ2) is 9.08. The van der Waals surface area contributed by atoms with Crippen LogP contribution in [0.5, 0.6) is 5.75 Å². The summed E-state index contributed by atoms with van der Waals surface area (Å²) >= 11 is 0. The molecule has 0 saturated carbocycles. The van der Waals surface area contributed by atoms with Gasteiger partial charge in [-0.05, 0) is 35.4 Å². The van der Waals surface area contributed by atoms with E-state index in [0.29, 0.717) is 13.1 Å². The molecule has 0 aromatic heterocycles. The van der Waals surface area contributed by atoms with E-state index in [9.17, 15) is 9.18 Å². The lowest BCUT2D eigenvalue weighted by atomic mass is 10.2. The van der Waals surface area contributed by atoms with E-state index in [2.05, 4.69) is 10.6 Å². The van der Waals surface area contributed by atoms with Crippen molar-refractivity contribution in [3.8, 4) is 11.8 Å². The Kier molecular flexibility index (Phi) is 6.55. The Labute approximate surface area is 145 Å². The molecule has 25 heavy (non-hydrogen) atoms. The molecule has 5 nitrogen and oxygen atoms in total. The number of amides is 1. The monoisotopic (exact) mass is 339 g/mol. The van der Waals surface area contributed by atoms with E-state index < -0.39 is 5.91 Å². The van der Waals surface area contributed by atoms with E-state index in [1.165, 1.54) is 18.3 Å². The lowest BCUT2D eigenvalue weighted by Gasteiger charge is -2.06. The van der Waals surface area contributed by atoms with Crippen molar-refractivity contribution in [3.05, 3.63) is 77.2 Å². The van der Waals surface area contributed by atoms with E-state index >= 15 is 0 Å². The number of ether oxygens (including phenoxy) is 1. The van der Waals surface area contributed by atoms with Crippen molar-refractivity contribution in [3.63, 3.8) is 0 Å². The molecule has 0 atom stereocenters. The van der Waals surface area contributed by atoms with Gasteiger partial charge in [0.2, 0.25) is 0 Å². The first-order chi connectivity index (χ1) is 12.1. The first-order valence-corrected chi connectivity index (χ1v) is 7.61. The quantitative estimate of drug-likeness (QED) is 0.601. The predicted octanol–water partition coefficient (Wildman–Crippen LogP) is 2.65. The molecule has 0 spiro atoms. The van der Waals surface area contributed by atoms with E-state index in [1.807, 2.05) is 18.2 Å². The van der Waals surface area contributed by atoms with Crippen molar-refractivity contribution in [2.24, 2.45) is 0 Å². The van der Waals surface area contributed by atoms with Crippen LogP contribution in [0.2, 0.25) is 0 Å². The van der Waals surface area contributed by atoms with Crippen molar-refractivity contribution in [2.75, 3.05) is 7.11 Å². The predicted molar refractivity (Wildman–Crippen MR) is 91.8 cm³/mol. The second-order valence-corrected chi connectivity index (χ2v) is 5.21. The van der Waals surface area contributed by atoms with Crippen molar-refractivity contribution in [1.82, 2.24) is 10.6 Å². The molecule has 0 fully saturated rings. The van der Waals surface area contributed by atoms with E-state index in [-0.39, 0.29) is 11.4 Å². The van der Waals surface area contributed by atoms with Crippen LogP contribution in [-0.2, 0) is 17.9 Å². The minimum absolute atomic E-state index is 0.0318. The van der Waals surface area contributed by atoms with E-state index in [4.69, 9.17) is 10.00 Å². The maximum atomic E-state index is 12.8. The molecule has 0 unspecified atom stereocenters. The number of methoxy groups -OCH3 is 1. The van der Waals surface area contributed by atoms with Crippen molar-refractivity contribution >= 4 is 5.91 Å². The summed E-state index contributed by atoms with van der Waals surface area (Å²) in [5.41, 5.74) is 1.70. The topological polar surface area (TPSA) is 74.1 Å². The summed E-state index contributed by atoms with van der Waals surface area (Å²) in [6, 6.07) is 15.1. The summed E-state index contributed by atoms with van der Waals surface area (Å²) in [4.78, 5) is 12.0. The Hall–Kier alpha value is -3.33. The van der Waals surface area contributed by atoms with Crippen LogP contribution in [0, 0.1) is 17.1 Å². The standard InChI is InChI=1S/C19H18FN3O2/c1-25-18-8-4-15(5-9-18)12-23-19(24)16(10-21)13-22-11-14-2-6-17(20)7-3-14/h2-9,13,22H,11-12H2,1H3,(H,23,24)/b16-13-. The van der Waals surface area contributed by atoms with Gasteiger partial charge in [-0.15, -0.1) is 0 Å². The second-order valence-electron chi connectivity index (χ2n) is 5.21. The Bertz CT molecular complexity index is 778. The summed E-state index contributed by atoms with van der Waals surface area (Å²) in [7, 11) is 1.58. The fourth-order valence-corrected chi connectivity index (χ4v) is 2.04. The van der Waals surface area contributed by atoms with Gasteiger partial charge >= 0.3 is 0 Å². The number of carbonyl (C=O) groups excluding carboxylic acids is 1. The lowest BCUT2D eigenvalue weighted by Crippen LogP contribution is -2.25. The summed E-state index contributed by atoms with van der Waals surface area (Å²) in [6.45, 7) is 0.691. The van der Waals surface area contributed by atoms with Crippen LogP contribution in [-0.4, -0.2) is 13.0 Å². The fourth-order valence-electron chi connectivity index (χ4n) is 2.04. The summed E-state index contributed by atoms with van der Waals surface area (Å²) in [5, 5.41) is 14.7. The highest BCUT2D eigenvalue weighted by Gasteiger charge is 2.08. The molecule has 0 saturated heterocycles. The molecule has 0 bridgehead atoms. The molecular formula is C19H18FN3O2. The lowest BCUT2D eigenvalue weighted by molar-refractivity contribution is -0.117. The molecule has 2 N–H and O–H groups in total. The van der Waals surface area contributed by atoms with Crippen molar-refractivity contribution in [2.45, 2.75) is 13.1 Å². The van der Waals surface area contributed by atoms with Gasteiger partial charge in [-0.3, -0.25) is 4.79 Å². The first kappa shape index (κ1) is 18.0. The molecule has 0 heterocycles. The van der Waals surface area contributed by atoms with Gasteiger partial charge in [0, 0.05) is 19.3 Å². The average molecular weight is 339 g/mol. The van der Waals surface area contributed by atoms with Gasteiger partial charge in [0.15, 0.2) is 0 Å². The van der Waals surface area contributed by atoms with Gasteiger partial charge in [-0.25, -0.2) is 4.39 Å². The van der Waals surface area contributed by atoms with Crippen LogP contribution < -0.4 is 15.4 Å². The number of nitrogens with zero attached hydrogens (tertiary/aromatic N) is 1. The zero-order valence-corrected chi connectivity index (χ0v) is 13.8. The molecule has 0 aliphatic heterocycles. The van der Waals surface area contributed by atoms with Crippen molar-refractivity contribution < 1.29 is 13.9 Å². The van der Waals surface area contributed by atoms with Gasteiger partial charge in [0.05, 0.1) is 7.11 Å². The van der Waals surface area contributed by atoms with Crippen LogP contribution in [0.3, 0.4) is 0 Å². The van der Waals surface area contributed by atoms with Crippen LogP contribution in [0.1, 0.15) is 11.1 Å². The summed E-state index contributed by atoms with van der Waals surface area (Å²) in [6.07, 6.45) is 1.35. The number of rotatable bonds is 7. The van der Waals surface area contributed by atoms with Gasteiger partial charge in [0.25, 0.3) is 5.91 Å². The number of benzene rings is 2. The molecule has 0 aliphatic rings. The van der Waals surface area contributed by atoms with Crippen LogP contribution in [0.4, 0.5) is 4.39 Å². The maximum absolute atomic E-state index is 12.8. The molecular weight excluding hydrogens is 321 g/mol. The number of nitriles is 1. The van der Waals surface area contributed by atoms with E-state index in [1.54, 1.807) is 31.4 Å². The molecule has 128 valence electrons. The summed E-state index contributed by atoms with van der Waals surface area (Å²) < 4.78 is 17.9. The minimum Gasteiger partial charge on any atom is -0.497 e. The Balaban J connectivity index is 1.86. The third-order valence-corrected chi connectivity index (χ3v) is 3.44. The smallest absolute Gasteiger partial charge is 0.263 e. The average Bonchev–Trinajstić information content (AvgIpc) is 2.65. The number of hydrogen-bond acceptors (Lipinski definition) is 4. The number of carbonyl (C=O) groups is 1. The Morgan fingerprint density at radius 1 is 1.12 bits per heavy atom. The Morgan fingerprint density at radius 2 is 1.72 bits per heavy atom. The molecule has 1 amide bonds. The third-order valence-electron chi connectivity index (χ3n) is 3.44. The molecule has 2 aromatic carbocycles. The number of nitrogens with one attached hydrogen (secondary N) is 2. The van der Waals surface area contributed by atoms with Crippen LogP contribution in [0.25, 0.3) is 0 Å². The largest absolute Gasteiger partial charge is 0.497 e. The highest BCUT2D eigenvalue weighted by molar-refractivity contribution is 5.97. The fraction of sp³-hybridized carbons (Fsp3) is 0.158. The van der Waals surface area contributed by atoms with Gasteiger partial charge in [0.1, 0.15) is 23.2 Å². The molecule has 0 radical (unpaired) electrons. The first-order valence-electron chi connectivity index (χ1n) is 7.61. The minimum atomic E-state index is -0.468. The highest BCUT2D eigenvalue weighted by atomic mass is 19.1. The van der Waals surface area contributed by atoms with Gasteiger partial charge in [-0.1, -0.05) is 24.3 Å². The van der Waals surface area contributed by atoms with Crippen LogP contribution >= 0.6 is 0 Å². The maximum Gasteiger partial charge on any atom is 0.263 e. The molecule has 0 aliphatic carbocycles. The zero-order chi connectivity index (χ0) is 18.1. The van der Waals surface area contributed by atoms with Crippen LogP contribution in [0.15, 0.2) is 60.3 Å². The molecule has 2 aromatic rings. The van der Waals surface area contributed by atoms with Crippen molar-refractivity contribution in [1.29, 1.82) is 5.26 Å². The third kappa shape index (κ3) is 5.66. The summed E-state index contributed by atoms with van der Waals surface area (Å²) in [5.74, 6) is -0.0440. The van der Waals surface area contributed by atoms with Gasteiger partial charge < -0.3 is 15.4 Å². The molecule has 6 heteroatoms. The zero-order valence-electron chi connectivity index (χ0n) is 13.8. The number of hydrogen-bond donors (Lipinski definition) is 2.